The first-order valence-electron chi connectivity index (χ1n) is 8.02. The molecule has 1 aliphatic heterocycles. The van der Waals surface area contributed by atoms with Gasteiger partial charge in [-0.2, -0.15) is 0 Å². The van der Waals surface area contributed by atoms with Crippen LogP contribution in [0.5, 0.6) is 5.75 Å². The summed E-state index contributed by atoms with van der Waals surface area (Å²) < 4.78 is 26.4. The fourth-order valence-electron chi connectivity index (χ4n) is 2.83. The highest BCUT2D eigenvalue weighted by Crippen LogP contribution is 2.22. The van der Waals surface area contributed by atoms with Crippen molar-refractivity contribution >= 4 is 21.8 Å². The average Bonchev–Trinajstić information content (AvgIpc) is 3.12. The number of aromatic nitrogens is 1. The van der Waals surface area contributed by atoms with Gasteiger partial charge in [0, 0.05) is 36.5 Å². The molecule has 0 saturated carbocycles. The normalized spacial score (nSPS) is 15.6. The number of benzene rings is 1. The van der Waals surface area contributed by atoms with E-state index in [9.17, 15) is 18.3 Å². The lowest BCUT2D eigenvalue weighted by Gasteiger charge is -2.16. The standard InChI is InChI=1S/C17H20N2O4S2/c1-2-13-5-3-4-6-15(13)25(22,23)19-8-7-14(16(20)17(19)21)11-18-9-10-24-12-18/h3-8,20H,2,9-12H2,1H3. The van der Waals surface area contributed by atoms with E-state index in [0.717, 1.165) is 18.2 Å². The van der Waals surface area contributed by atoms with Gasteiger partial charge in [-0.15, -0.1) is 11.8 Å². The number of aromatic hydroxyl groups is 1. The van der Waals surface area contributed by atoms with Crippen LogP contribution < -0.4 is 5.56 Å². The van der Waals surface area contributed by atoms with Crippen molar-refractivity contribution in [2.45, 2.75) is 24.8 Å². The lowest BCUT2D eigenvalue weighted by Crippen LogP contribution is -2.29. The number of nitrogens with zero attached hydrogens (tertiary/aromatic N) is 2. The molecule has 0 unspecified atom stereocenters. The first-order valence-corrected chi connectivity index (χ1v) is 10.6. The molecule has 0 aliphatic carbocycles. The average molecular weight is 380 g/mol. The minimum Gasteiger partial charge on any atom is -0.503 e. The molecule has 0 radical (unpaired) electrons. The first-order chi connectivity index (χ1) is 11.9. The van der Waals surface area contributed by atoms with Gasteiger partial charge in [0.25, 0.3) is 10.0 Å². The highest BCUT2D eigenvalue weighted by molar-refractivity contribution is 7.99. The molecule has 6 nitrogen and oxygen atoms in total. The second-order valence-corrected chi connectivity index (χ2v) is 8.70. The fourth-order valence-corrected chi connectivity index (χ4v) is 5.36. The number of aryl methyl sites for hydroxylation is 1. The molecule has 2 aromatic rings. The Hall–Kier alpha value is -1.77. The summed E-state index contributed by atoms with van der Waals surface area (Å²) in [5, 5.41) is 10.2. The van der Waals surface area contributed by atoms with Gasteiger partial charge in [0.1, 0.15) is 0 Å². The third-order valence-corrected chi connectivity index (χ3v) is 7.01. The second kappa shape index (κ2) is 7.23. The first kappa shape index (κ1) is 18.0. The molecular weight excluding hydrogens is 360 g/mol. The third kappa shape index (κ3) is 3.47. The van der Waals surface area contributed by atoms with Gasteiger partial charge < -0.3 is 5.11 Å². The Morgan fingerprint density at radius 2 is 1.96 bits per heavy atom. The molecule has 134 valence electrons. The van der Waals surface area contributed by atoms with Crippen molar-refractivity contribution in [2.75, 3.05) is 18.2 Å². The molecule has 0 bridgehead atoms. The van der Waals surface area contributed by atoms with E-state index in [4.69, 9.17) is 0 Å². The molecule has 1 aromatic heterocycles. The zero-order chi connectivity index (χ0) is 18.0. The summed E-state index contributed by atoms with van der Waals surface area (Å²) in [5.41, 5.74) is 0.171. The number of hydrogen-bond donors (Lipinski definition) is 1. The maximum atomic E-state index is 12.9. The summed E-state index contributed by atoms with van der Waals surface area (Å²) >= 11 is 1.79. The molecule has 1 saturated heterocycles. The molecule has 3 rings (SSSR count). The van der Waals surface area contributed by atoms with Crippen LogP contribution in [0.4, 0.5) is 0 Å². The van der Waals surface area contributed by atoms with Crippen molar-refractivity contribution in [3.05, 3.63) is 58.0 Å². The van der Waals surface area contributed by atoms with E-state index in [1.807, 2.05) is 6.92 Å². The number of rotatable bonds is 5. The quantitative estimate of drug-likeness (QED) is 0.853. The second-order valence-electron chi connectivity index (χ2n) is 5.85. The SMILES string of the molecule is CCc1ccccc1S(=O)(=O)n1ccc(CN2CCSC2)c(O)c1=O. The van der Waals surface area contributed by atoms with Crippen molar-refractivity contribution in [3.8, 4) is 5.75 Å². The zero-order valence-electron chi connectivity index (χ0n) is 13.9. The Bertz CT molecular complexity index is 932. The lowest BCUT2D eigenvalue weighted by atomic mass is 10.2. The Labute approximate surface area is 151 Å². The Balaban J connectivity index is 2.02. The molecule has 1 aromatic carbocycles. The van der Waals surface area contributed by atoms with Gasteiger partial charge in [0.15, 0.2) is 5.75 Å². The molecule has 2 heterocycles. The van der Waals surface area contributed by atoms with Gasteiger partial charge in [-0.3, -0.25) is 9.69 Å². The van der Waals surface area contributed by atoms with Gasteiger partial charge >= 0.3 is 5.56 Å². The minimum atomic E-state index is -4.05. The summed E-state index contributed by atoms with van der Waals surface area (Å²) in [4.78, 5) is 14.7. The van der Waals surface area contributed by atoms with Gasteiger partial charge in [-0.05, 0) is 24.1 Å². The van der Waals surface area contributed by atoms with Gasteiger partial charge in [-0.25, -0.2) is 12.4 Å². The van der Waals surface area contributed by atoms with E-state index in [-0.39, 0.29) is 4.90 Å². The van der Waals surface area contributed by atoms with Crippen LogP contribution in [0.3, 0.4) is 0 Å². The molecule has 1 N–H and O–H groups in total. The van der Waals surface area contributed by atoms with Crippen molar-refractivity contribution < 1.29 is 13.5 Å². The summed E-state index contributed by atoms with van der Waals surface area (Å²) in [6.45, 7) is 3.17. The van der Waals surface area contributed by atoms with E-state index in [2.05, 4.69) is 4.90 Å². The van der Waals surface area contributed by atoms with Crippen molar-refractivity contribution in [2.24, 2.45) is 0 Å². The molecule has 0 spiro atoms. The third-order valence-electron chi connectivity index (χ3n) is 4.23. The Morgan fingerprint density at radius 3 is 2.64 bits per heavy atom. The van der Waals surface area contributed by atoms with Crippen LogP contribution in [0.1, 0.15) is 18.1 Å². The highest BCUT2D eigenvalue weighted by atomic mass is 32.2. The molecular formula is C17H20N2O4S2. The van der Waals surface area contributed by atoms with E-state index < -0.39 is 21.3 Å². The molecule has 1 fully saturated rings. The predicted molar refractivity (Wildman–Crippen MR) is 98.5 cm³/mol. The van der Waals surface area contributed by atoms with Crippen LogP contribution in [0.15, 0.2) is 46.2 Å². The minimum absolute atomic E-state index is 0.0858. The molecule has 1 aliphatic rings. The fraction of sp³-hybridized carbons (Fsp3) is 0.353. The van der Waals surface area contributed by atoms with Crippen LogP contribution in [0, 0.1) is 0 Å². The molecule has 8 heteroatoms. The van der Waals surface area contributed by atoms with Crippen LogP contribution in [-0.4, -0.2) is 40.6 Å². The molecule has 0 atom stereocenters. The monoisotopic (exact) mass is 380 g/mol. The number of pyridine rings is 1. The summed E-state index contributed by atoms with van der Waals surface area (Å²) in [5.74, 6) is 1.35. The van der Waals surface area contributed by atoms with Gasteiger partial charge in [0.2, 0.25) is 0 Å². The van der Waals surface area contributed by atoms with Gasteiger partial charge in [0.05, 0.1) is 4.90 Å². The maximum Gasteiger partial charge on any atom is 0.306 e. The van der Waals surface area contributed by atoms with Gasteiger partial charge in [-0.1, -0.05) is 25.1 Å². The summed E-state index contributed by atoms with van der Waals surface area (Å²) in [6, 6.07) is 8.08. The van der Waals surface area contributed by atoms with Crippen LogP contribution in [0.2, 0.25) is 0 Å². The van der Waals surface area contributed by atoms with Crippen LogP contribution >= 0.6 is 11.8 Å². The van der Waals surface area contributed by atoms with Crippen molar-refractivity contribution in [1.29, 1.82) is 0 Å². The molecule has 0 amide bonds. The number of hydrogen-bond acceptors (Lipinski definition) is 6. The molecule has 25 heavy (non-hydrogen) atoms. The van der Waals surface area contributed by atoms with Crippen molar-refractivity contribution in [3.63, 3.8) is 0 Å². The number of thioether (sulfide) groups is 1. The maximum absolute atomic E-state index is 12.9. The zero-order valence-corrected chi connectivity index (χ0v) is 15.5. The lowest BCUT2D eigenvalue weighted by molar-refractivity contribution is 0.338. The van der Waals surface area contributed by atoms with Crippen molar-refractivity contribution in [1.82, 2.24) is 8.87 Å². The van der Waals surface area contributed by atoms with Crippen LogP contribution in [0.25, 0.3) is 0 Å². The highest BCUT2D eigenvalue weighted by Gasteiger charge is 2.24. The van der Waals surface area contributed by atoms with E-state index in [1.165, 1.54) is 18.3 Å². The van der Waals surface area contributed by atoms with E-state index in [1.54, 1.807) is 30.0 Å². The topological polar surface area (TPSA) is 79.6 Å². The van der Waals surface area contributed by atoms with E-state index in [0.29, 0.717) is 28.1 Å². The Kier molecular flexibility index (Phi) is 5.21. The largest absolute Gasteiger partial charge is 0.503 e. The predicted octanol–water partition coefficient (Wildman–Crippen LogP) is 1.86. The Morgan fingerprint density at radius 1 is 1.20 bits per heavy atom. The van der Waals surface area contributed by atoms with E-state index >= 15 is 0 Å². The van der Waals surface area contributed by atoms with Crippen LogP contribution in [-0.2, 0) is 23.0 Å². The summed E-state index contributed by atoms with van der Waals surface area (Å²) in [7, 11) is -4.05. The smallest absolute Gasteiger partial charge is 0.306 e. The summed E-state index contributed by atoms with van der Waals surface area (Å²) in [6.07, 6.45) is 1.77.